The van der Waals surface area contributed by atoms with Crippen LogP contribution in [0.25, 0.3) is 0 Å². The number of piperidine rings is 1. The Morgan fingerprint density at radius 1 is 1.09 bits per heavy atom. The summed E-state index contributed by atoms with van der Waals surface area (Å²) in [6.07, 6.45) is 3.78. The van der Waals surface area contributed by atoms with Gasteiger partial charge in [-0.05, 0) is 62.1 Å². The molecule has 176 valence electrons. The van der Waals surface area contributed by atoms with Crippen molar-refractivity contribution in [3.63, 3.8) is 0 Å². The minimum absolute atomic E-state index is 0.0677. The summed E-state index contributed by atoms with van der Waals surface area (Å²) in [6.45, 7) is 3.44. The van der Waals surface area contributed by atoms with Gasteiger partial charge in [-0.15, -0.1) is 0 Å². The standard InChI is InChI=1S/C25H29Cl2N3O3/c26-19-10-9-17(22(27)13-19)15-30-11-3-5-18(16-30)24(31)29-23-8-2-1-7-21(23)25(32)28-14-20-6-4-12-33-20/h1-2,7-10,13,18,20H,3-6,11-12,14-16H2,(H,28,32)(H,29,31). The van der Waals surface area contributed by atoms with Crippen LogP contribution in [0.1, 0.15) is 41.6 Å². The smallest absolute Gasteiger partial charge is 0.253 e. The van der Waals surface area contributed by atoms with Crippen molar-refractivity contribution in [3.05, 3.63) is 63.6 Å². The van der Waals surface area contributed by atoms with Gasteiger partial charge in [-0.2, -0.15) is 0 Å². The van der Waals surface area contributed by atoms with Gasteiger partial charge in [0.1, 0.15) is 0 Å². The summed E-state index contributed by atoms with van der Waals surface area (Å²) in [7, 11) is 0. The molecule has 33 heavy (non-hydrogen) atoms. The molecule has 0 saturated carbocycles. The Kier molecular flexibility index (Phi) is 8.25. The number of likely N-dealkylation sites (tertiary alicyclic amines) is 1. The summed E-state index contributed by atoms with van der Waals surface area (Å²) >= 11 is 12.3. The highest BCUT2D eigenvalue weighted by Crippen LogP contribution is 2.26. The van der Waals surface area contributed by atoms with Crippen LogP contribution in [0.3, 0.4) is 0 Å². The van der Waals surface area contributed by atoms with Crippen molar-refractivity contribution >= 4 is 40.7 Å². The van der Waals surface area contributed by atoms with Crippen molar-refractivity contribution < 1.29 is 14.3 Å². The first-order valence-corrected chi connectivity index (χ1v) is 12.2. The number of halogens is 2. The molecule has 2 heterocycles. The highest BCUT2D eigenvalue weighted by molar-refractivity contribution is 6.35. The number of hydrogen-bond acceptors (Lipinski definition) is 4. The summed E-state index contributed by atoms with van der Waals surface area (Å²) in [5.74, 6) is -0.432. The molecule has 0 aliphatic carbocycles. The van der Waals surface area contributed by atoms with Crippen LogP contribution in [0.4, 0.5) is 5.69 Å². The summed E-state index contributed by atoms with van der Waals surface area (Å²) < 4.78 is 5.58. The zero-order chi connectivity index (χ0) is 23.2. The van der Waals surface area contributed by atoms with Crippen molar-refractivity contribution in [1.82, 2.24) is 10.2 Å². The second-order valence-corrected chi connectivity index (χ2v) is 9.53. The van der Waals surface area contributed by atoms with Crippen molar-refractivity contribution in [3.8, 4) is 0 Å². The second-order valence-electron chi connectivity index (χ2n) is 8.69. The fraction of sp³-hybridized carbons (Fsp3) is 0.440. The Morgan fingerprint density at radius 3 is 2.73 bits per heavy atom. The van der Waals surface area contributed by atoms with E-state index in [2.05, 4.69) is 15.5 Å². The van der Waals surface area contributed by atoms with Gasteiger partial charge in [0, 0.05) is 36.3 Å². The number of para-hydroxylation sites is 1. The SMILES string of the molecule is O=C(NCC1CCCO1)c1ccccc1NC(=O)C1CCCN(Cc2ccc(Cl)cc2Cl)C1. The third-order valence-electron chi connectivity index (χ3n) is 6.23. The second kappa shape index (κ2) is 11.3. The minimum atomic E-state index is -0.205. The lowest BCUT2D eigenvalue weighted by Gasteiger charge is -2.32. The predicted octanol–water partition coefficient (Wildman–Crippen LogP) is 4.75. The molecular formula is C25H29Cl2N3O3. The Labute approximate surface area is 204 Å². The zero-order valence-electron chi connectivity index (χ0n) is 18.5. The monoisotopic (exact) mass is 489 g/mol. The molecule has 2 aliphatic rings. The molecule has 8 heteroatoms. The molecule has 2 amide bonds. The molecule has 0 bridgehead atoms. The third-order valence-corrected chi connectivity index (χ3v) is 6.82. The van der Waals surface area contributed by atoms with E-state index in [0.717, 1.165) is 44.4 Å². The predicted molar refractivity (Wildman–Crippen MR) is 131 cm³/mol. The van der Waals surface area contributed by atoms with Crippen LogP contribution in [0.2, 0.25) is 10.0 Å². The number of carbonyl (C=O) groups is 2. The molecule has 6 nitrogen and oxygen atoms in total. The Bertz CT molecular complexity index is 995. The van der Waals surface area contributed by atoms with Crippen LogP contribution >= 0.6 is 23.2 Å². The first-order chi connectivity index (χ1) is 16.0. The Morgan fingerprint density at radius 2 is 1.94 bits per heavy atom. The molecule has 0 spiro atoms. The van der Waals surface area contributed by atoms with E-state index in [9.17, 15) is 9.59 Å². The van der Waals surface area contributed by atoms with E-state index in [-0.39, 0.29) is 23.8 Å². The maximum absolute atomic E-state index is 13.1. The van der Waals surface area contributed by atoms with E-state index in [0.29, 0.717) is 40.9 Å². The van der Waals surface area contributed by atoms with E-state index in [1.54, 1.807) is 24.3 Å². The summed E-state index contributed by atoms with van der Waals surface area (Å²) in [6, 6.07) is 12.6. The molecule has 0 aromatic heterocycles. The summed E-state index contributed by atoms with van der Waals surface area (Å²) in [4.78, 5) is 28.1. The van der Waals surface area contributed by atoms with E-state index in [4.69, 9.17) is 27.9 Å². The maximum Gasteiger partial charge on any atom is 0.253 e. The number of anilines is 1. The lowest BCUT2D eigenvalue weighted by atomic mass is 9.96. The van der Waals surface area contributed by atoms with E-state index in [1.165, 1.54) is 0 Å². The minimum Gasteiger partial charge on any atom is -0.376 e. The van der Waals surface area contributed by atoms with Crippen molar-refractivity contribution in [2.75, 3.05) is 31.6 Å². The highest BCUT2D eigenvalue weighted by Gasteiger charge is 2.27. The van der Waals surface area contributed by atoms with Crippen molar-refractivity contribution in [2.45, 2.75) is 38.3 Å². The fourth-order valence-electron chi connectivity index (χ4n) is 4.44. The normalized spacial score (nSPS) is 21.0. The van der Waals surface area contributed by atoms with Crippen LogP contribution in [0.5, 0.6) is 0 Å². The van der Waals surface area contributed by atoms with Gasteiger partial charge in [-0.3, -0.25) is 14.5 Å². The van der Waals surface area contributed by atoms with Gasteiger partial charge in [0.05, 0.1) is 23.3 Å². The van der Waals surface area contributed by atoms with Gasteiger partial charge in [0.2, 0.25) is 5.91 Å². The van der Waals surface area contributed by atoms with Gasteiger partial charge in [-0.1, -0.05) is 41.4 Å². The van der Waals surface area contributed by atoms with E-state index in [1.807, 2.05) is 18.2 Å². The molecule has 2 aromatic carbocycles. The topological polar surface area (TPSA) is 70.7 Å². The number of nitrogens with one attached hydrogen (secondary N) is 2. The number of carbonyl (C=O) groups excluding carboxylic acids is 2. The molecule has 2 unspecified atom stereocenters. The number of benzene rings is 2. The first-order valence-electron chi connectivity index (χ1n) is 11.5. The Balaban J connectivity index is 1.36. The summed E-state index contributed by atoms with van der Waals surface area (Å²) in [5, 5.41) is 7.17. The molecule has 2 fully saturated rings. The van der Waals surface area contributed by atoms with Crippen molar-refractivity contribution in [2.24, 2.45) is 5.92 Å². The number of amides is 2. The molecule has 2 aliphatic heterocycles. The molecule has 4 rings (SSSR count). The largest absolute Gasteiger partial charge is 0.376 e. The fourth-order valence-corrected chi connectivity index (χ4v) is 4.90. The van der Waals surface area contributed by atoms with Gasteiger partial charge < -0.3 is 15.4 Å². The van der Waals surface area contributed by atoms with Gasteiger partial charge in [0.25, 0.3) is 5.91 Å². The van der Waals surface area contributed by atoms with Crippen molar-refractivity contribution in [1.29, 1.82) is 0 Å². The zero-order valence-corrected chi connectivity index (χ0v) is 20.0. The number of hydrogen-bond donors (Lipinski definition) is 2. The van der Waals surface area contributed by atoms with E-state index >= 15 is 0 Å². The van der Waals surface area contributed by atoms with Crippen LogP contribution in [-0.4, -0.2) is 49.1 Å². The van der Waals surface area contributed by atoms with Crippen LogP contribution in [0.15, 0.2) is 42.5 Å². The molecule has 2 atom stereocenters. The molecule has 2 N–H and O–H groups in total. The van der Waals surface area contributed by atoms with Gasteiger partial charge in [-0.25, -0.2) is 0 Å². The average Bonchev–Trinajstić information content (AvgIpc) is 3.34. The first kappa shape index (κ1) is 24.0. The molecule has 0 radical (unpaired) electrons. The van der Waals surface area contributed by atoms with Gasteiger partial charge in [0.15, 0.2) is 0 Å². The molecule has 2 aromatic rings. The van der Waals surface area contributed by atoms with E-state index < -0.39 is 0 Å². The lowest BCUT2D eigenvalue weighted by Crippen LogP contribution is -2.40. The number of ether oxygens (including phenoxy) is 1. The summed E-state index contributed by atoms with van der Waals surface area (Å²) in [5.41, 5.74) is 1.99. The van der Waals surface area contributed by atoms with Crippen LogP contribution in [-0.2, 0) is 16.1 Å². The number of nitrogens with zero attached hydrogens (tertiary/aromatic N) is 1. The van der Waals surface area contributed by atoms with Crippen LogP contribution in [0, 0.1) is 5.92 Å². The molecular weight excluding hydrogens is 461 g/mol. The highest BCUT2D eigenvalue weighted by atomic mass is 35.5. The third kappa shape index (κ3) is 6.48. The number of rotatable bonds is 7. The maximum atomic E-state index is 13.1. The Hall–Kier alpha value is -2.12. The quantitative estimate of drug-likeness (QED) is 0.588. The molecule has 2 saturated heterocycles. The lowest BCUT2D eigenvalue weighted by molar-refractivity contribution is -0.121. The average molecular weight is 490 g/mol. The van der Waals surface area contributed by atoms with Crippen LogP contribution < -0.4 is 10.6 Å². The van der Waals surface area contributed by atoms with Gasteiger partial charge >= 0.3 is 0 Å².